The molecule has 0 fully saturated rings. The Bertz CT molecular complexity index is 445. The van der Waals surface area contributed by atoms with Crippen LogP contribution in [0, 0.1) is 17.3 Å². The molecule has 0 bridgehead atoms. The van der Waals surface area contributed by atoms with Gasteiger partial charge in [0.2, 0.25) is 0 Å². The van der Waals surface area contributed by atoms with Crippen LogP contribution in [0.25, 0.3) is 0 Å². The first-order chi connectivity index (χ1) is 10.7. The number of hydrogen-bond acceptors (Lipinski definition) is 4. The first-order valence-electron chi connectivity index (χ1n) is 8.27. The van der Waals surface area contributed by atoms with Crippen molar-refractivity contribution in [2.24, 2.45) is 17.3 Å². The fraction of sp³-hybridized carbons (Fsp3) is 0.737. The quantitative estimate of drug-likeness (QED) is 0.401. The third kappa shape index (κ3) is 6.11. The summed E-state index contributed by atoms with van der Waals surface area (Å²) in [6.07, 6.45) is 3.88. The molecule has 1 aliphatic rings. The van der Waals surface area contributed by atoms with E-state index in [4.69, 9.17) is 14.2 Å². The van der Waals surface area contributed by atoms with Crippen LogP contribution in [0.4, 0.5) is 0 Å². The van der Waals surface area contributed by atoms with Gasteiger partial charge in [0.15, 0.2) is 0 Å². The highest BCUT2D eigenvalue weighted by molar-refractivity contribution is 5.75. The van der Waals surface area contributed by atoms with Crippen molar-refractivity contribution >= 4 is 5.97 Å². The van der Waals surface area contributed by atoms with E-state index in [1.807, 2.05) is 20.8 Å². The van der Waals surface area contributed by atoms with Crippen LogP contribution < -0.4 is 0 Å². The normalized spacial score (nSPS) is 25.0. The summed E-state index contributed by atoms with van der Waals surface area (Å²) < 4.78 is 16.3. The lowest BCUT2D eigenvalue weighted by atomic mass is 9.73. The van der Waals surface area contributed by atoms with Crippen molar-refractivity contribution in [2.75, 3.05) is 20.5 Å². The van der Waals surface area contributed by atoms with E-state index < -0.39 is 5.41 Å². The first-order valence-corrected chi connectivity index (χ1v) is 8.27. The molecule has 1 aliphatic carbocycles. The minimum atomic E-state index is -0.469. The molecule has 0 aromatic heterocycles. The summed E-state index contributed by atoms with van der Waals surface area (Å²) in [4.78, 5) is 11.9. The van der Waals surface area contributed by atoms with E-state index in [1.54, 1.807) is 7.11 Å². The molecule has 0 amide bonds. The Morgan fingerprint density at radius 3 is 2.57 bits per heavy atom. The maximum atomic E-state index is 11.9. The van der Waals surface area contributed by atoms with Crippen LogP contribution in [0.5, 0.6) is 0 Å². The van der Waals surface area contributed by atoms with Crippen LogP contribution in [0.2, 0.25) is 0 Å². The molecule has 0 heterocycles. The average molecular weight is 324 g/mol. The molecular formula is C19H32O4. The molecule has 0 aromatic rings. The maximum Gasteiger partial charge on any atom is 0.311 e. The van der Waals surface area contributed by atoms with Gasteiger partial charge in [-0.15, -0.1) is 0 Å². The summed E-state index contributed by atoms with van der Waals surface area (Å²) >= 11 is 0. The van der Waals surface area contributed by atoms with Crippen molar-refractivity contribution in [1.29, 1.82) is 0 Å². The molecule has 0 radical (unpaired) electrons. The van der Waals surface area contributed by atoms with Gasteiger partial charge >= 0.3 is 5.97 Å². The third-order valence-corrected chi connectivity index (χ3v) is 4.24. The topological polar surface area (TPSA) is 44.8 Å². The van der Waals surface area contributed by atoms with Crippen molar-refractivity contribution in [3.05, 3.63) is 23.8 Å². The van der Waals surface area contributed by atoms with Crippen LogP contribution in [0.3, 0.4) is 0 Å². The van der Waals surface area contributed by atoms with Gasteiger partial charge in [0.25, 0.3) is 0 Å². The highest BCUT2D eigenvalue weighted by atomic mass is 16.7. The Morgan fingerprint density at radius 2 is 2.04 bits per heavy atom. The highest BCUT2D eigenvalue weighted by Gasteiger charge is 2.34. The van der Waals surface area contributed by atoms with Crippen molar-refractivity contribution in [3.63, 3.8) is 0 Å². The molecule has 4 heteroatoms. The van der Waals surface area contributed by atoms with Gasteiger partial charge in [-0.05, 0) is 59.3 Å². The van der Waals surface area contributed by atoms with Gasteiger partial charge in [-0.1, -0.05) is 23.8 Å². The molecule has 0 aromatic carbocycles. The maximum absolute atomic E-state index is 11.9. The monoisotopic (exact) mass is 324 g/mol. The number of rotatable bonds is 7. The van der Waals surface area contributed by atoms with Crippen LogP contribution in [0.15, 0.2) is 23.8 Å². The SMILES string of the molecule is C=C(C)[C@@H]1CC(C)=C[C@H](OCOC)[C@H]1CCOC(=O)C(C)(C)C. The fourth-order valence-electron chi connectivity index (χ4n) is 2.93. The number of methoxy groups -OCH3 is 1. The van der Waals surface area contributed by atoms with E-state index in [0.29, 0.717) is 12.5 Å². The van der Waals surface area contributed by atoms with Crippen LogP contribution in [0.1, 0.15) is 47.5 Å². The number of ether oxygens (including phenoxy) is 3. The molecule has 0 saturated heterocycles. The summed E-state index contributed by atoms with van der Waals surface area (Å²) in [7, 11) is 1.62. The van der Waals surface area contributed by atoms with Gasteiger partial charge < -0.3 is 14.2 Å². The molecule has 0 N–H and O–H groups in total. The molecular weight excluding hydrogens is 292 g/mol. The predicted molar refractivity (Wildman–Crippen MR) is 91.9 cm³/mol. The number of allylic oxidation sites excluding steroid dienone is 2. The van der Waals surface area contributed by atoms with Gasteiger partial charge in [0.05, 0.1) is 18.1 Å². The summed E-state index contributed by atoms with van der Waals surface area (Å²) in [5.74, 6) is 0.426. The minimum absolute atomic E-state index is 0.0289. The van der Waals surface area contributed by atoms with Gasteiger partial charge in [-0.3, -0.25) is 4.79 Å². The van der Waals surface area contributed by atoms with Gasteiger partial charge in [-0.2, -0.15) is 0 Å². The molecule has 0 saturated carbocycles. The molecule has 23 heavy (non-hydrogen) atoms. The lowest BCUT2D eigenvalue weighted by Gasteiger charge is -2.37. The second kappa shape index (κ2) is 8.65. The van der Waals surface area contributed by atoms with Gasteiger partial charge in [0.1, 0.15) is 6.79 Å². The van der Waals surface area contributed by atoms with Crippen molar-refractivity contribution in [2.45, 2.75) is 53.6 Å². The molecule has 0 spiro atoms. The van der Waals surface area contributed by atoms with E-state index >= 15 is 0 Å². The first kappa shape index (κ1) is 19.9. The lowest BCUT2D eigenvalue weighted by molar-refractivity contribution is -0.154. The second-order valence-electron chi connectivity index (χ2n) is 7.55. The molecule has 0 unspecified atom stereocenters. The van der Waals surface area contributed by atoms with Gasteiger partial charge in [-0.25, -0.2) is 0 Å². The Kier molecular flexibility index (Phi) is 7.49. The molecule has 4 nitrogen and oxygen atoms in total. The Hall–Kier alpha value is -1.13. The zero-order valence-electron chi connectivity index (χ0n) is 15.5. The van der Waals surface area contributed by atoms with E-state index in [1.165, 1.54) is 5.57 Å². The fourth-order valence-corrected chi connectivity index (χ4v) is 2.93. The zero-order chi connectivity index (χ0) is 17.6. The summed E-state index contributed by atoms with van der Waals surface area (Å²) in [6, 6.07) is 0. The third-order valence-electron chi connectivity index (χ3n) is 4.24. The highest BCUT2D eigenvalue weighted by Crippen LogP contribution is 2.37. The second-order valence-corrected chi connectivity index (χ2v) is 7.55. The van der Waals surface area contributed by atoms with E-state index in [9.17, 15) is 4.79 Å². The number of carbonyl (C=O) groups excluding carboxylic acids is 1. The molecule has 1 rings (SSSR count). The van der Waals surface area contributed by atoms with Gasteiger partial charge in [0, 0.05) is 7.11 Å². The summed E-state index contributed by atoms with van der Waals surface area (Å²) in [5, 5.41) is 0. The van der Waals surface area contributed by atoms with E-state index in [2.05, 4.69) is 26.5 Å². The van der Waals surface area contributed by atoms with Crippen LogP contribution in [-0.4, -0.2) is 32.6 Å². The van der Waals surface area contributed by atoms with Crippen LogP contribution >= 0.6 is 0 Å². The van der Waals surface area contributed by atoms with Crippen LogP contribution in [-0.2, 0) is 19.0 Å². The van der Waals surface area contributed by atoms with Crippen molar-refractivity contribution < 1.29 is 19.0 Å². The Labute approximate surface area is 140 Å². The molecule has 132 valence electrons. The smallest absolute Gasteiger partial charge is 0.311 e. The zero-order valence-corrected chi connectivity index (χ0v) is 15.5. The molecule has 0 aliphatic heterocycles. The Balaban J connectivity index is 2.74. The van der Waals surface area contributed by atoms with E-state index in [-0.39, 0.29) is 24.8 Å². The molecule has 3 atom stereocenters. The average Bonchev–Trinajstić information content (AvgIpc) is 2.44. The summed E-state index contributed by atoms with van der Waals surface area (Å²) in [6.45, 7) is 14.6. The standard InChI is InChI=1S/C19H32O4/c1-13(2)16-10-14(3)11-17(23-12-21-7)15(16)8-9-22-18(20)19(4,5)6/h11,15-17H,1,8-10,12H2,2-7H3/t15-,16-,17-/m0/s1. The number of carbonyl (C=O) groups is 1. The number of esters is 1. The Morgan fingerprint density at radius 1 is 1.39 bits per heavy atom. The largest absolute Gasteiger partial charge is 0.465 e. The van der Waals surface area contributed by atoms with Crippen molar-refractivity contribution in [3.8, 4) is 0 Å². The lowest BCUT2D eigenvalue weighted by Crippen LogP contribution is -2.35. The van der Waals surface area contributed by atoms with Crippen molar-refractivity contribution in [1.82, 2.24) is 0 Å². The predicted octanol–water partition coefficient (Wildman–Crippen LogP) is 4.11. The minimum Gasteiger partial charge on any atom is -0.465 e. The summed E-state index contributed by atoms with van der Waals surface area (Å²) in [5.41, 5.74) is 1.99. The number of hydrogen-bond donors (Lipinski definition) is 0. The van der Waals surface area contributed by atoms with E-state index in [0.717, 1.165) is 18.4 Å².